The number of carbonyl (C=O) groups excluding carboxylic acids is 2. The number of amides is 1. The summed E-state index contributed by atoms with van der Waals surface area (Å²) in [7, 11) is 0. The lowest BCUT2D eigenvalue weighted by molar-refractivity contribution is -0.151. The van der Waals surface area contributed by atoms with Crippen molar-refractivity contribution in [3.63, 3.8) is 0 Å². The molecule has 0 aliphatic heterocycles. The van der Waals surface area contributed by atoms with E-state index >= 15 is 0 Å². The van der Waals surface area contributed by atoms with Crippen molar-refractivity contribution >= 4 is 50.7 Å². The third-order valence-electron chi connectivity index (χ3n) is 4.17. The van der Waals surface area contributed by atoms with E-state index in [0.29, 0.717) is 10.6 Å². The summed E-state index contributed by atoms with van der Waals surface area (Å²) in [5.74, 6) is -3.84. The number of nitrogens with zero attached hydrogens (tertiary/aromatic N) is 1. The zero-order valence-electron chi connectivity index (χ0n) is 14.5. The second-order valence-electron chi connectivity index (χ2n) is 6.18. The van der Waals surface area contributed by atoms with Gasteiger partial charge in [-0.25, -0.2) is 9.18 Å². The molecule has 144 valence electrons. The summed E-state index contributed by atoms with van der Waals surface area (Å²) in [5, 5.41) is 12.1. The average Bonchev–Trinajstić information content (AvgIpc) is 3.04. The normalized spacial score (nSPS) is 10.8. The van der Waals surface area contributed by atoms with Crippen LogP contribution >= 0.6 is 22.9 Å². The van der Waals surface area contributed by atoms with Crippen molar-refractivity contribution in [2.75, 3.05) is 0 Å². The first-order valence-corrected chi connectivity index (χ1v) is 9.53. The van der Waals surface area contributed by atoms with Gasteiger partial charge in [-0.05, 0) is 52.2 Å². The van der Waals surface area contributed by atoms with Crippen LogP contribution in [0.5, 0.6) is 0 Å². The van der Waals surface area contributed by atoms with E-state index in [1.54, 1.807) is 12.1 Å². The molecule has 3 rings (SSSR count). The molecule has 0 aliphatic carbocycles. The SMILES string of the molecule is O=C(O)C(=O)CC(=O)N(Cc1ccc(F)cc1)Cc1csc2ccc(Cl)cc12. The number of carboxylic acids is 1. The van der Waals surface area contributed by atoms with Crippen LogP contribution in [0.2, 0.25) is 5.02 Å². The molecule has 8 heteroatoms. The van der Waals surface area contributed by atoms with Crippen LogP contribution in [0, 0.1) is 5.82 Å². The maximum Gasteiger partial charge on any atom is 0.372 e. The third kappa shape index (κ3) is 4.74. The molecule has 3 aromatic rings. The van der Waals surface area contributed by atoms with Crippen molar-refractivity contribution < 1.29 is 23.9 Å². The Kier molecular flexibility index (Phi) is 6.06. The largest absolute Gasteiger partial charge is 0.475 e. The first-order valence-electron chi connectivity index (χ1n) is 8.27. The second-order valence-corrected chi connectivity index (χ2v) is 7.53. The number of halogens is 2. The first-order chi connectivity index (χ1) is 13.3. The van der Waals surface area contributed by atoms with Gasteiger partial charge in [0.25, 0.3) is 0 Å². The molecule has 2 aromatic carbocycles. The van der Waals surface area contributed by atoms with Crippen molar-refractivity contribution in [3.05, 3.63) is 69.8 Å². The topological polar surface area (TPSA) is 74.7 Å². The predicted octanol–water partition coefficient (Wildman–Crippen LogP) is 4.27. The van der Waals surface area contributed by atoms with Crippen LogP contribution < -0.4 is 0 Å². The Morgan fingerprint density at radius 1 is 1.07 bits per heavy atom. The Balaban J connectivity index is 1.88. The molecule has 0 atom stereocenters. The van der Waals surface area contributed by atoms with Gasteiger partial charge in [-0.3, -0.25) is 9.59 Å². The predicted molar refractivity (Wildman–Crippen MR) is 105 cm³/mol. The van der Waals surface area contributed by atoms with Crippen LogP contribution in [-0.4, -0.2) is 27.7 Å². The number of hydrogen-bond acceptors (Lipinski definition) is 4. The van der Waals surface area contributed by atoms with Gasteiger partial charge in [-0.2, -0.15) is 0 Å². The van der Waals surface area contributed by atoms with Crippen LogP contribution in [0.3, 0.4) is 0 Å². The molecule has 0 saturated carbocycles. The van der Waals surface area contributed by atoms with Crippen molar-refractivity contribution in [2.45, 2.75) is 19.5 Å². The second kappa shape index (κ2) is 8.50. The molecule has 0 aliphatic rings. The fourth-order valence-electron chi connectivity index (χ4n) is 2.75. The Morgan fingerprint density at radius 3 is 2.46 bits per heavy atom. The molecular weight excluding hydrogens is 405 g/mol. The first kappa shape index (κ1) is 20.0. The summed E-state index contributed by atoms with van der Waals surface area (Å²) in [6, 6.07) is 11.1. The molecule has 0 unspecified atom stereocenters. The van der Waals surface area contributed by atoms with E-state index in [2.05, 4.69) is 0 Å². The van der Waals surface area contributed by atoms with Gasteiger partial charge in [-0.15, -0.1) is 11.3 Å². The van der Waals surface area contributed by atoms with E-state index in [0.717, 1.165) is 15.6 Å². The van der Waals surface area contributed by atoms with Gasteiger partial charge < -0.3 is 10.0 Å². The summed E-state index contributed by atoms with van der Waals surface area (Å²) in [4.78, 5) is 36.3. The maximum atomic E-state index is 13.2. The van der Waals surface area contributed by atoms with E-state index in [1.165, 1.54) is 40.5 Å². The molecule has 0 radical (unpaired) electrons. The minimum atomic E-state index is -1.65. The molecule has 28 heavy (non-hydrogen) atoms. The van der Waals surface area contributed by atoms with Crippen LogP contribution in [0.4, 0.5) is 4.39 Å². The number of carbonyl (C=O) groups is 3. The zero-order valence-corrected chi connectivity index (χ0v) is 16.1. The molecular formula is C20H15ClFNO4S. The highest BCUT2D eigenvalue weighted by Gasteiger charge is 2.23. The van der Waals surface area contributed by atoms with Gasteiger partial charge in [0.2, 0.25) is 11.7 Å². The maximum absolute atomic E-state index is 13.2. The third-order valence-corrected chi connectivity index (χ3v) is 5.41. The number of benzene rings is 2. The van der Waals surface area contributed by atoms with Crippen molar-refractivity contribution in [1.29, 1.82) is 0 Å². The highest BCUT2D eigenvalue weighted by atomic mass is 35.5. The summed E-state index contributed by atoms with van der Waals surface area (Å²) < 4.78 is 14.2. The Hall–Kier alpha value is -2.77. The smallest absolute Gasteiger partial charge is 0.372 e. The highest BCUT2D eigenvalue weighted by Crippen LogP contribution is 2.30. The van der Waals surface area contributed by atoms with Gasteiger partial charge in [0.05, 0.1) is 6.42 Å². The van der Waals surface area contributed by atoms with Crippen LogP contribution in [-0.2, 0) is 27.5 Å². The van der Waals surface area contributed by atoms with Crippen LogP contribution in [0.1, 0.15) is 17.5 Å². The van der Waals surface area contributed by atoms with Crippen molar-refractivity contribution in [2.24, 2.45) is 0 Å². The standard InChI is InChI=1S/C20H15ClFNO4S/c21-14-3-6-18-16(7-14)13(11-28-18)10-23(19(25)8-17(24)20(26)27)9-12-1-4-15(22)5-2-12/h1-7,11H,8-10H2,(H,26,27). The highest BCUT2D eigenvalue weighted by molar-refractivity contribution is 7.17. The minimum Gasteiger partial charge on any atom is -0.475 e. The Morgan fingerprint density at radius 2 is 1.79 bits per heavy atom. The number of rotatable bonds is 7. The molecule has 5 nitrogen and oxygen atoms in total. The van der Waals surface area contributed by atoms with E-state index in [9.17, 15) is 18.8 Å². The number of aliphatic carboxylic acids is 1. The fraction of sp³-hybridized carbons (Fsp3) is 0.150. The lowest BCUT2D eigenvalue weighted by atomic mass is 10.1. The number of fused-ring (bicyclic) bond motifs is 1. The van der Waals surface area contributed by atoms with E-state index < -0.39 is 29.9 Å². The summed E-state index contributed by atoms with van der Waals surface area (Å²) >= 11 is 7.57. The Labute approximate surface area is 169 Å². The van der Waals surface area contributed by atoms with Crippen molar-refractivity contribution in [1.82, 2.24) is 4.90 Å². The number of carboxylic acid groups (broad SMARTS) is 1. The number of Topliss-reactive ketones (excluding diaryl/α,β-unsaturated/α-hetero) is 1. The quantitative estimate of drug-likeness (QED) is 0.458. The van der Waals surface area contributed by atoms with Gasteiger partial charge in [-0.1, -0.05) is 23.7 Å². The molecule has 0 fully saturated rings. The monoisotopic (exact) mass is 419 g/mol. The van der Waals surface area contributed by atoms with Gasteiger partial charge in [0, 0.05) is 22.8 Å². The lowest BCUT2D eigenvalue weighted by Crippen LogP contribution is -2.33. The minimum absolute atomic E-state index is 0.115. The zero-order chi connectivity index (χ0) is 20.3. The van der Waals surface area contributed by atoms with Gasteiger partial charge >= 0.3 is 5.97 Å². The number of ketones is 1. The molecule has 0 bridgehead atoms. The van der Waals surface area contributed by atoms with Gasteiger partial charge in [0.1, 0.15) is 5.82 Å². The van der Waals surface area contributed by atoms with Crippen LogP contribution in [0.25, 0.3) is 10.1 Å². The summed E-state index contributed by atoms with van der Waals surface area (Å²) in [6.45, 7) is 0.285. The van der Waals surface area contributed by atoms with E-state index in [4.69, 9.17) is 16.7 Å². The fourth-order valence-corrected chi connectivity index (χ4v) is 3.86. The summed E-state index contributed by atoms with van der Waals surface area (Å²) in [6.07, 6.45) is -0.737. The lowest BCUT2D eigenvalue weighted by Gasteiger charge is -2.22. The molecule has 0 spiro atoms. The van der Waals surface area contributed by atoms with Gasteiger partial charge in [0.15, 0.2) is 0 Å². The average molecular weight is 420 g/mol. The number of thiophene rings is 1. The van der Waals surface area contributed by atoms with E-state index in [-0.39, 0.29) is 13.1 Å². The van der Waals surface area contributed by atoms with E-state index in [1.807, 2.05) is 11.4 Å². The molecule has 1 aromatic heterocycles. The molecule has 1 N–H and O–H groups in total. The molecule has 1 heterocycles. The van der Waals surface area contributed by atoms with Crippen LogP contribution in [0.15, 0.2) is 47.8 Å². The Bertz CT molecular complexity index is 1050. The molecule has 0 saturated heterocycles. The number of hydrogen-bond donors (Lipinski definition) is 1. The summed E-state index contributed by atoms with van der Waals surface area (Å²) in [5.41, 5.74) is 1.50. The van der Waals surface area contributed by atoms with Crippen molar-refractivity contribution in [3.8, 4) is 0 Å². The molecule has 1 amide bonds.